The fourth-order valence-corrected chi connectivity index (χ4v) is 4.08. The average molecular weight is 336 g/mol. The molecule has 3 rings (SSSR count). The van der Waals surface area contributed by atoms with Gasteiger partial charge in [-0.15, -0.1) is 0 Å². The van der Waals surface area contributed by atoms with Gasteiger partial charge in [-0.3, -0.25) is 4.18 Å². The molecule has 2 heterocycles. The molecule has 2 saturated heterocycles. The van der Waals surface area contributed by atoms with Crippen molar-refractivity contribution < 1.29 is 31.5 Å². The van der Waals surface area contributed by atoms with Crippen LogP contribution in [0.2, 0.25) is 0 Å². The molecule has 0 N–H and O–H groups in total. The molecule has 0 bridgehead atoms. The molecule has 22 heavy (non-hydrogen) atoms. The van der Waals surface area contributed by atoms with Gasteiger partial charge in [0.25, 0.3) is 10.1 Å². The van der Waals surface area contributed by atoms with E-state index in [-0.39, 0.29) is 18.8 Å². The fraction of sp³-hybridized carbons (Fsp3) is 1.00. The van der Waals surface area contributed by atoms with Crippen molar-refractivity contribution in [2.24, 2.45) is 0 Å². The molecule has 0 amide bonds. The summed E-state index contributed by atoms with van der Waals surface area (Å²) in [5.74, 6) is -1.50. The summed E-state index contributed by atoms with van der Waals surface area (Å²) in [7, 11) is -3.56. The predicted molar refractivity (Wildman–Crippen MR) is 76.6 cm³/mol. The second kappa shape index (κ2) is 4.87. The lowest BCUT2D eigenvalue weighted by Gasteiger charge is -2.40. The summed E-state index contributed by atoms with van der Waals surface area (Å²) in [6, 6.07) is 0. The SMILES string of the molecule is CC1(C)O[C@@H]2[C@@H](CC[C@@]3(COS(C)(=O)=O)OC(C)(C)O[C@@H]23)O1. The number of ether oxygens (including phenoxy) is 4. The van der Waals surface area contributed by atoms with Crippen LogP contribution in [0.1, 0.15) is 40.5 Å². The third-order valence-corrected chi connectivity index (χ3v) is 4.81. The molecule has 0 spiro atoms. The molecule has 3 fully saturated rings. The number of rotatable bonds is 3. The van der Waals surface area contributed by atoms with E-state index in [0.29, 0.717) is 12.8 Å². The maximum atomic E-state index is 11.4. The maximum absolute atomic E-state index is 11.4. The van der Waals surface area contributed by atoms with Crippen LogP contribution in [0.3, 0.4) is 0 Å². The van der Waals surface area contributed by atoms with Crippen LogP contribution in [-0.4, -0.2) is 56.8 Å². The van der Waals surface area contributed by atoms with E-state index in [0.717, 1.165) is 6.26 Å². The Balaban J connectivity index is 1.87. The molecule has 1 saturated carbocycles. The van der Waals surface area contributed by atoms with Gasteiger partial charge in [0.15, 0.2) is 11.6 Å². The molecule has 0 unspecified atom stereocenters. The van der Waals surface area contributed by atoms with Gasteiger partial charge >= 0.3 is 0 Å². The Kier molecular flexibility index (Phi) is 3.68. The highest BCUT2D eigenvalue weighted by molar-refractivity contribution is 7.85. The molecule has 0 aromatic rings. The van der Waals surface area contributed by atoms with Crippen LogP contribution in [0.5, 0.6) is 0 Å². The Morgan fingerprint density at radius 2 is 1.77 bits per heavy atom. The van der Waals surface area contributed by atoms with Crippen LogP contribution >= 0.6 is 0 Å². The van der Waals surface area contributed by atoms with Gasteiger partial charge in [0.05, 0.1) is 19.0 Å². The van der Waals surface area contributed by atoms with Crippen molar-refractivity contribution in [3.05, 3.63) is 0 Å². The highest BCUT2D eigenvalue weighted by atomic mass is 32.2. The number of hydrogen-bond acceptors (Lipinski definition) is 7. The zero-order valence-electron chi connectivity index (χ0n) is 13.6. The van der Waals surface area contributed by atoms with E-state index in [9.17, 15) is 8.42 Å². The minimum Gasteiger partial charge on any atom is -0.344 e. The standard InChI is InChI=1S/C14H24O7S/c1-12(2)18-9-6-7-14(8-17-22(5,15)16)11(10(9)19-12)20-13(3,4)21-14/h9-11H,6-8H2,1-5H3/t9-,10-,11+,14+/m1/s1. The smallest absolute Gasteiger partial charge is 0.264 e. The van der Waals surface area contributed by atoms with Crippen LogP contribution < -0.4 is 0 Å². The normalized spacial score (nSPS) is 42.9. The minimum absolute atomic E-state index is 0.0764. The Morgan fingerprint density at radius 3 is 2.41 bits per heavy atom. The molecular formula is C14H24O7S. The summed E-state index contributed by atoms with van der Waals surface area (Å²) in [4.78, 5) is 0. The summed E-state index contributed by atoms with van der Waals surface area (Å²) in [6.45, 7) is 7.27. The van der Waals surface area contributed by atoms with E-state index in [2.05, 4.69) is 0 Å². The van der Waals surface area contributed by atoms with Crippen molar-refractivity contribution in [1.29, 1.82) is 0 Å². The van der Waals surface area contributed by atoms with Crippen molar-refractivity contribution in [3.8, 4) is 0 Å². The zero-order chi connectivity index (χ0) is 16.4. The van der Waals surface area contributed by atoms with E-state index in [4.69, 9.17) is 23.1 Å². The Bertz CT molecular complexity index is 556. The topological polar surface area (TPSA) is 80.3 Å². The highest BCUT2D eigenvalue weighted by Gasteiger charge is 2.64. The molecule has 1 aliphatic carbocycles. The Morgan fingerprint density at radius 1 is 1.09 bits per heavy atom. The molecule has 2 aliphatic heterocycles. The van der Waals surface area contributed by atoms with Crippen LogP contribution in [0, 0.1) is 0 Å². The summed E-state index contributed by atoms with van der Waals surface area (Å²) < 4.78 is 51.8. The molecule has 7 nitrogen and oxygen atoms in total. The average Bonchev–Trinajstić information content (AvgIpc) is 2.78. The fourth-order valence-electron chi connectivity index (χ4n) is 3.66. The molecule has 3 aliphatic rings. The van der Waals surface area contributed by atoms with Crippen molar-refractivity contribution in [3.63, 3.8) is 0 Å². The van der Waals surface area contributed by atoms with Crippen molar-refractivity contribution in [1.82, 2.24) is 0 Å². The van der Waals surface area contributed by atoms with Crippen molar-refractivity contribution >= 4 is 10.1 Å². The van der Waals surface area contributed by atoms with Gasteiger partial charge in [0.1, 0.15) is 17.8 Å². The third-order valence-electron chi connectivity index (χ3n) is 4.27. The van der Waals surface area contributed by atoms with Gasteiger partial charge in [-0.2, -0.15) is 8.42 Å². The highest BCUT2D eigenvalue weighted by Crippen LogP contribution is 2.50. The lowest BCUT2D eigenvalue weighted by Crippen LogP contribution is -2.57. The molecule has 128 valence electrons. The summed E-state index contributed by atoms with van der Waals surface area (Å²) in [5, 5.41) is 0. The Labute approximate surface area is 131 Å². The summed E-state index contributed by atoms with van der Waals surface area (Å²) in [6.07, 6.45) is 1.53. The van der Waals surface area contributed by atoms with Crippen LogP contribution in [0.25, 0.3) is 0 Å². The van der Waals surface area contributed by atoms with Crippen LogP contribution in [0.15, 0.2) is 0 Å². The molecule has 0 aromatic carbocycles. The summed E-state index contributed by atoms with van der Waals surface area (Å²) in [5.41, 5.74) is -0.836. The van der Waals surface area contributed by atoms with Gasteiger partial charge in [-0.05, 0) is 40.5 Å². The second-order valence-electron chi connectivity index (χ2n) is 7.25. The van der Waals surface area contributed by atoms with E-state index in [1.165, 1.54) is 0 Å². The minimum atomic E-state index is -3.56. The van der Waals surface area contributed by atoms with E-state index in [1.54, 1.807) is 0 Å². The molecule has 8 heteroatoms. The van der Waals surface area contributed by atoms with Gasteiger partial charge in [-0.25, -0.2) is 0 Å². The summed E-state index contributed by atoms with van der Waals surface area (Å²) >= 11 is 0. The predicted octanol–water partition coefficient (Wildman–Crippen LogP) is 1.17. The quantitative estimate of drug-likeness (QED) is 0.716. The van der Waals surface area contributed by atoms with Crippen LogP contribution in [-0.2, 0) is 33.2 Å². The first-order valence-corrected chi connectivity index (χ1v) is 9.31. The third kappa shape index (κ3) is 3.05. The lowest BCUT2D eigenvalue weighted by molar-refractivity contribution is -0.179. The van der Waals surface area contributed by atoms with Crippen molar-refractivity contribution in [2.75, 3.05) is 12.9 Å². The van der Waals surface area contributed by atoms with Gasteiger partial charge in [0, 0.05) is 0 Å². The molecule has 4 atom stereocenters. The molecule has 0 radical (unpaired) electrons. The first-order valence-electron chi connectivity index (χ1n) is 7.50. The Hall–Kier alpha value is -0.250. The van der Waals surface area contributed by atoms with E-state index in [1.807, 2.05) is 27.7 Å². The van der Waals surface area contributed by atoms with Gasteiger partial charge in [-0.1, -0.05) is 0 Å². The van der Waals surface area contributed by atoms with Gasteiger partial charge < -0.3 is 18.9 Å². The van der Waals surface area contributed by atoms with Crippen molar-refractivity contribution in [2.45, 2.75) is 76.0 Å². The zero-order valence-corrected chi connectivity index (χ0v) is 14.4. The molecule has 0 aromatic heterocycles. The number of fused-ring (bicyclic) bond motifs is 3. The lowest BCUT2D eigenvalue weighted by atomic mass is 9.79. The largest absolute Gasteiger partial charge is 0.344 e. The van der Waals surface area contributed by atoms with E-state index >= 15 is 0 Å². The van der Waals surface area contributed by atoms with Crippen LogP contribution in [0.4, 0.5) is 0 Å². The van der Waals surface area contributed by atoms with Gasteiger partial charge in [0.2, 0.25) is 0 Å². The monoisotopic (exact) mass is 336 g/mol. The number of hydrogen-bond donors (Lipinski definition) is 0. The second-order valence-corrected chi connectivity index (χ2v) is 8.89. The first kappa shape index (κ1) is 16.6. The molecular weight excluding hydrogens is 312 g/mol. The van der Waals surface area contributed by atoms with E-state index < -0.39 is 33.4 Å². The maximum Gasteiger partial charge on any atom is 0.264 e. The first-order chi connectivity index (χ1) is 9.92.